The van der Waals surface area contributed by atoms with E-state index in [0.717, 1.165) is 6.42 Å². The number of benzene rings is 1. The Balaban J connectivity index is 2.78. The van der Waals surface area contributed by atoms with Crippen LogP contribution in [0, 0.1) is 30.1 Å². The van der Waals surface area contributed by atoms with Crippen LogP contribution in [0.3, 0.4) is 0 Å². The van der Waals surface area contributed by atoms with Gasteiger partial charge in [0.25, 0.3) is 0 Å². The predicted octanol–water partition coefficient (Wildman–Crippen LogP) is 6.73. The van der Waals surface area contributed by atoms with Crippen molar-refractivity contribution in [2.24, 2.45) is 16.2 Å². The first-order chi connectivity index (χ1) is 10.0. The van der Waals surface area contributed by atoms with E-state index in [2.05, 4.69) is 91.8 Å². The van der Waals surface area contributed by atoms with Crippen LogP contribution in [0.2, 0.25) is 0 Å². The Morgan fingerprint density at radius 3 is 2.05 bits per heavy atom. The number of hydrogen-bond acceptors (Lipinski definition) is 0. The third-order valence-electron chi connectivity index (χ3n) is 5.74. The molecule has 2 rings (SSSR count). The fraction of sp³-hybridized carbons (Fsp3) is 0.545. The minimum atomic E-state index is 0.132. The lowest BCUT2D eigenvalue weighted by Gasteiger charge is -2.56. The highest BCUT2D eigenvalue weighted by atomic mass is 14.6. The van der Waals surface area contributed by atoms with Crippen LogP contribution in [-0.2, 0) is 0 Å². The first-order valence-corrected chi connectivity index (χ1v) is 8.46. The summed E-state index contributed by atoms with van der Waals surface area (Å²) in [6.45, 7) is 18.9. The van der Waals surface area contributed by atoms with Crippen molar-refractivity contribution in [1.29, 1.82) is 0 Å². The third-order valence-corrected chi connectivity index (χ3v) is 5.74. The van der Waals surface area contributed by atoms with E-state index < -0.39 is 0 Å². The lowest BCUT2D eigenvalue weighted by molar-refractivity contribution is 0.0301. The summed E-state index contributed by atoms with van der Waals surface area (Å²) in [4.78, 5) is 0. The van der Waals surface area contributed by atoms with E-state index in [1.165, 1.54) is 22.3 Å². The van der Waals surface area contributed by atoms with Crippen LogP contribution < -0.4 is 0 Å². The van der Waals surface area contributed by atoms with Crippen LogP contribution in [-0.4, -0.2) is 0 Å². The van der Waals surface area contributed by atoms with E-state index in [4.69, 9.17) is 0 Å². The third kappa shape index (κ3) is 2.47. The summed E-state index contributed by atoms with van der Waals surface area (Å²) >= 11 is 0. The zero-order chi connectivity index (χ0) is 16.8. The molecule has 0 unspecified atom stereocenters. The highest BCUT2D eigenvalue weighted by Crippen LogP contribution is 2.62. The van der Waals surface area contributed by atoms with Gasteiger partial charge in [0.2, 0.25) is 0 Å². The Kier molecular flexibility index (Phi) is 4.19. The molecule has 0 nitrogen and oxygen atoms in total. The van der Waals surface area contributed by atoms with Gasteiger partial charge in [0.15, 0.2) is 0 Å². The van der Waals surface area contributed by atoms with E-state index in [1.54, 1.807) is 0 Å². The maximum atomic E-state index is 2.40. The largest absolute Gasteiger partial charge is 0.0836 e. The molecule has 22 heavy (non-hydrogen) atoms. The fourth-order valence-electron chi connectivity index (χ4n) is 4.57. The first kappa shape index (κ1) is 17.1. The summed E-state index contributed by atoms with van der Waals surface area (Å²) in [6, 6.07) is 6.72. The molecule has 1 aromatic rings. The maximum absolute atomic E-state index is 2.40. The molecule has 1 aromatic carbocycles. The van der Waals surface area contributed by atoms with Crippen LogP contribution in [0.15, 0.2) is 36.4 Å². The molecule has 0 heteroatoms. The van der Waals surface area contributed by atoms with E-state index in [9.17, 15) is 0 Å². The summed E-state index contributed by atoms with van der Waals surface area (Å²) in [6.07, 6.45) is 8.07. The van der Waals surface area contributed by atoms with Crippen molar-refractivity contribution < 1.29 is 0 Å². The van der Waals surface area contributed by atoms with Crippen molar-refractivity contribution >= 4 is 5.57 Å². The lowest BCUT2D eigenvalue weighted by Crippen LogP contribution is -2.47. The SMILES string of the molecule is Cc1cccc(C2=CC=CCC2(C(C)(C)C)C(C)(C)C)c1C. The molecule has 1 aliphatic carbocycles. The number of allylic oxidation sites excluding steroid dienone is 4. The molecule has 0 aliphatic heterocycles. The molecular formula is C22H32. The van der Waals surface area contributed by atoms with Crippen molar-refractivity contribution in [3.05, 3.63) is 53.1 Å². The Morgan fingerprint density at radius 1 is 0.909 bits per heavy atom. The van der Waals surface area contributed by atoms with Gasteiger partial charge in [-0.2, -0.15) is 0 Å². The molecule has 0 bridgehead atoms. The molecule has 0 amide bonds. The van der Waals surface area contributed by atoms with Crippen LogP contribution in [0.25, 0.3) is 5.57 Å². The second-order valence-electron chi connectivity index (χ2n) is 8.87. The van der Waals surface area contributed by atoms with Crippen molar-refractivity contribution in [3.63, 3.8) is 0 Å². The molecule has 0 aromatic heterocycles. The van der Waals surface area contributed by atoms with Gasteiger partial charge in [0.05, 0.1) is 0 Å². The van der Waals surface area contributed by atoms with Crippen molar-refractivity contribution in [3.8, 4) is 0 Å². The lowest BCUT2D eigenvalue weighted by atomic mass is 9.47. The number of hydrogen-bond donors (Lipinski definition) is 0. The topological polar surface area (TPSA) is 0 Å². The van der Waals surface area contributed by atoms with Crippen molar-refractivity contribution in [2.75, 3.05) is 0 Å². The van der Waals surface area contributed by atoms with Crippen molar-refractivity contribution in [2.45, 2.75) is 61.8 Å². The van der Waals surface area contributed by atoms with Crippen molar-refractivity contribution in [1.82, 2.24) is 0 Å². The number of aryl methyl sites for hydroxylation is 1. The van der Waals surface area contributed by atoms with Gasteiger partial charge in [-0.25, -0.2) is 0 Å². The normalized spacial score (nSPS) is 18.3. The van der Waals surface area contributed by atoms with Gasteiger partial charge in [-0.15, -0.1) is 0 Å². The first-order valence-electron chi connectivity index (χ1n) is 8.46. The molecule has 120 valence electrons. The van der Waals surface area contributed by atoms with E-state index in [-0.39, 0.29) is 16.2 Å². The van der Waals surface area contributed by atoms with Gasteiger partial charge in [0.1, 0.15) is 0 Å². The molecule has 0 saturated carbocycles. The summed E-state index contributed by atoms with van der Waals surface area (Å²) in [5.41, 5.74) is 6.25. The zero-order valence-corrected chi connectivity index (χ0v) is 15.7. The van der Waals surface area contributed by atoms with Gasteiger partial charge < -0.3 is 0 Å². The standard InChI is InChI=1S/C22H32/c1-16-12-11-13-18(17(16)2)19-14-9-10-15-22(19,20(3,4)5)21(6,7)8/h9-14H,15H2,1-8H3. The van der Waals surface area contributed by atoms with Crippen LogP contribution in [0.5, 0.6) is 0 Å². The highest BCUT2D eigenvalue weighted by Gasteiger charge is 2.52. The molecule has 0 saturated heterocycles. The quantitative estimate of drug-likeness (QED) is 0.539. The molecule has 0 heterocycles. The fourth-order valence-corrected chi connectivity index (χ4v) is 4.57. The minimum Gasteiger partial charge on any atom is -0.0836 e. The number of rotatable bonds is 1. The zero-order valence-electron chi connectivity index (χ0n) is 15.7. The smallest absolute Gasteiger partial charge is 0.00904 e. The van der Waals surface area contributed by atoms with Gasteiger partial charge in [-0.1, -0.05) is 78.0 Å². The molecular weight excluding hydrogens is 264 g/mol. The highest BCUT2D eigenvalue weighted by molar-refractivity contribution is 5.77. The summed E-state index contributed by atoms with van der Waals surface area (Å²) in [5, 5.41) is 0. The molecule has 1 aliphatic rings. The predicted molar refractivity (Wildman–Crippen MR) is 99.0 cm³/mol. The van der Waals surface area contributed by atoms with Gasteiger partial charge in [-0.3, -0.25) is 0 Å². The van der Waals surface area contributed by atoms with Gasteiger partial charge in [0, 0.05) is 5.41 Å². The Bertz CT molecular complexity index is 598. The Hall–Kier alpha value is -1.30. The maximum Gasteiger partial charge on any atom is 0.00904 e. The Labute approximate surface area is 137 Å². The molecule has 0 spiro atoms. The average Bonchev–Trinajstić information content (AvgIpc) is 2.39. The summed E-state index contributed by atoms with van der Waals surface area (Å²) < 4.78 is 0. The van der Waals surface area contributed by atoms with Crippen LogP contribution >= 0.6 is 0 Å². The second kappa shape index (κ2) is 5.41. The van der Waals surface area contributed by atoms with Gasteiger partial charge >= 0.3 is 0 Å². The van der Waals surface area contributed by atoms with E-state index >= 15 is 0 Å². The summed E-state index contributed by atoms with van der Waals surface area (Å²) in [5.74, 6) is 0. The van der Waals surface area contributed by atoms with E-state index in [1.807, 2.05) is 0 Å². The van der Waals surface area contributed by atoms with Crippen LogP contribution in [0.1, 0.15) is 64.7 Å². The minimum absolute atomic E-state index is 0.132. The molecule has 0 N–H and O–H groups in total. The monoisotopic (exact) mass is 296 g/mol. The average molecular weight is 296 g/mol. The van der Waals surface area contributed by atoms with E-state index in [0.29, 0.717) is 0 Å². The molecule has 0 fully saturated rings. The second-order valence-corrected chi connectivity index (χ2v) is 8.87. The Morgan fingerprint density at radius 2 is 1.50 bits per heavy atom. The van der Waals surface area contributed by atoms with Crippen LogP contribution in [0.4, 0.5) is 0 Å². The molecule has 0 atom stereocenters. The van der Waals surface area contributed by atoms with Gasteiger partial charge in [-0.05, 0) is 53.4 Å². The molecule has 0 radical (unpaired) electrons. The summed E-state index contributed by atoms with van der Waals surface area (Å²) in [7, 11) is 0.